The molecule has 0 unspecified atom stereocenters. The van der Waals surface area contributed by atoms with Gasteiger partial charge in [0.15, 0.2) is 0 Å². The van der Waals surface area contributed by atoms with E-state index in [-0.39, 0.29) is 11.5 Å². The van der Waals surface area contributed by atoms with Gasteiger partial charge in [0, 0.05) is 50.6 Å². The number of benzene rings is 3. The number of nitrogens with zero attached hydrogens (tertiary/aromatic N) is 2. The van der Waals surface area contributed by atoms with Crippen molar-refractivity contribution in [3.63, 3.8) is 0 Å². The molecule has 0 amide bonds. The fraction of sp³-hybridized carbons (Fsp3) is 0.0476. The summed E-state index contributed by atoms with van der Waals surface area (Å²) in [4.78, 5) is 11.5. The first kappa shape index (κ1) is 18.5. The molecule has 0 N–H and O–H groups in total. The molecule has 0 aliphatic heterocycles. The van der Waals surface area contributed by atoms with Crippen molar-refractivity contribution in [2.45, 2.75) is 10.6 Å². The summed E-state index contributed by atoms with van der Waals surface area (Å²) in [5.74, 6) is 0.0823. The summed E-state index contributed by atoms with van der Waals surface area (Å²) in [5, 5.41) is 12.3. The number of aromatic nitrogens is 1. The van der Waals surface area contributed by atoms with Gasteiger partial charge in [0.2, 0.25) is 0 Å². The van der Waals surface area contributed by atoms with Gasteiger partial charge in [-0.1, -0.05) is 35.9 Å². The molecule has 0 aliphatic carbocycles. The maximum Gasteiger partial charge on any atom is 0.269 e. The van der Waals surface area contributed by atoms with Gasteiger partial charge in [-0.05, 0) is 30.3 Å². The maximum absolute atomic E-state index is 14.1. The Kier molecular flexibility index (Phi) is 5.07. The summed E-state index contributed by atoms with van der Waals surface area (Å²) in [7, 11) is 0. The zero-order valence-corrected chi connectivity index (χ0v) is 16.1. The van der Waals surface area contributed by atoms with Crippen molar-refractivity contribution in [1.82, 2.24) is 4.57 Å². The summed E-state index contributed by atoms with van der Waals surface area (Å²) >= 11 is 7.64. The molecule has 4 aromatic rings. The Labute approximate surface area is 169 Å². The number of fused-ring (bicyclic) bond motifs is 1. The minimum Gasteiger partial charge on any atom is -0.315 e. The van der Waals surface area contributed by atoms with Crippen LogP contribution in [0.3, 0.4) is 0 Å². The van der Waals surface area contributed by atoms with E-state index in [1.165, 1.54) is 30.0 Å². The first-order valence-electron chi connectivity index (χ1n) is 8.45. The normalized spacial score (nSPS) is 11.1. The first-order valence-corrected chi connectivity index (χ1v) is 9.81. The largest absolute Gasteiger partial charge is 0.315 e. The first-order chi connectivity index (χ1) is 13.5. The lowest BCUT2D eigenvalue weighted by molar-refractivity contribution is -0.384. The topological polar surface area (TPSA) is 48.1 Å². The summed E-state index contributed by atoms with van der Waals surface area (Å²) < 4.78 is 16.1. The third-order valence-electron chi connectivity index (χ3n) is 4.45. The Hall–Kier alpha value is -2.83. The Bertz CT molecular complexity index is 1150. The maximum atomic E-state index is 14.1. The van der Waals surface area contributed by atoms with Gasteiger partial charge in [-0.25, -0.2) is 4.39 Å². The van der Waals surface area contributed by atoms with Crippen LogP contribution in [0.4, 0.5) is 10.1 Å². The standard InChI is InChI=1S/C21H14ClFN2O2S/c22-18-5-3-6-19(23)17(18)13-28-21-12-24(20-7-2-1-4-16(20)21)14-8-10-15(11-9-14)25(26)27/h1-12H,13H2. The van der Waals surface area contributed by atoms with E-state index < -0.39 is 4.92 Å². The molecular formula is C21H14ClFN2O2S. The third-order valence-corrected chi connectivity index (χ3v) is 5.87. The number of nitro benzene ring substituents is 1. The molecule has 0 bridgehead atoms. The van der Waals surface area contributed by atoms with Gasteiger partial charge in [0.1, 0.15) is 5.82 Å². The minimum absolute atomic E-state index is 0.0454. The van der Waals surface area contributed by atoms with E-state index in [0.717, 1.165) is 21.5 Å². The molecule has 0 radical (unpaired) electrons. The van der Waals surface area contributed by atoms with Gasteiger partial charge < -0.3 is 4.57 Å². The smallest absolute Gasteiger partial charge is 0.269 e. The Morgan fingerprint density at radius 1 is 1.04 bits per heavy atom. The number of hydrogen-bond acceptors (Lipinski definition) is 3. The average Bonchev–Trinajstić information content (AvgIpc) is 3.06. The number of rotatable bonds is 5. The fourth-order valence-electron chi connectivity index (χ4n) is 3.03. The van der Waals surface area contributed by atoms with Crippen LogP contribution in [0.1, 0.15) is 5.56 Å². The predicted molar refractivity (Wildman–Crippen MR) is 111 cm³/mol. The minimum atomic E-state index is -0.420. The Morgan fingerprint density at radius 2 is 1.79 bits per heavy atom. The molecule has 0 spiro atoms. The highest BCUT2D eigenvalue weighted by molar-refractivity contribution is 7.98. The van der Waals surface area contributed by atoms with Crippen LogP contribution in [0.5, 0.6) is 0 Å². The molecule has 140 valence electrons. The number of para-hydroxylation sites is 1. The molecular weight excluding hydrogens is 399 g/mol. The Morgan fingerprint density at radius 3 is 2.50 bits per heavy atom. The second-order valence-corrected chi connectivity index (χ2v) is 7.57. The molecule has 0 fully saturated rings. The summed E-state index contributed by atoms with van der Waals surface area (Å²) in [6.45, 7) is 0. The van der Waals surface area contributed by atoms with Crippen LogP contribution in [-0.4, -0.2) is 9.49 Å². The number of nitro groups is 1. The van der Waals surface area contributed by atoms with Crippen molar-refractivity contribution < 1.29 is 9.31 Å². The van der Waals surface area contributed by atoms with Gasteiger partial charge in [-0.2, -0.15) is 0 Å². The van der Waals surface area contributed by atoms with E-state index in [1.807, 2.05) is 35.0 Å². The molecule has 4 nitrogen and oxygen atoms in total. The van der Waals surface area contributed by atoms with E-state index >= 15 is 0 Å². The quantitative estimate of drug-likeness (QED) is 0.210. The van der Waals surface area contributed by atoms with Crippen LogP contribution in [0, 0.1) is 15.9 Å². The summed E-state index contributed by atoms with van der Waals surface area (Å²) in [5.41, 5.74) is 2.31. The predicted octanol–water partition coefficient (Wildman–Crippen LogP) is 6.62. The number of non-ortho nitro benzene ring substituents is 1. The molecule has 0 saturated carbocycles. The molecule has 28 heavy (non-hydrogen) atoms. The zero-order valence-electron chi connectivity index (χ0n) is 14.5. The summed E-state index contributed by atoms with van der Waals surface area (Å²) in [6, 6.07) is 18.9. The number of thioether (sulfide) groups is 1. The van der Waals surface area contributed by atoms with E-state index in [0.29, 0.717) is 16.3 Å². The van der Waals surface area contributed by atoms with Crippen LogP contribution >= 0.6 is 23.4 Å². The van der Waals surface area contributed by atoms with Crippen molar-refractivity contribution in [2.75, 3.05) is 0 Å². The van der Waals surface area contributed by atoms with Gasteiger partial charge in [0.05, 0.1) is 10.4 Å². The van der Waals surface area contributed by atoms with Gasteiger partial charge in [-0.3, -0.25) is 10.1 Å². The van der Waals surface area contributed by atoms with Gasteiger partial charge in [0.25, 0.3) is 5.69 Å². The van der Waals surface area contributed by atoms with E-state index in [9.17, 15) is 14.5 Å². The van der Waals surface area contributed by atoms with Crippen molar-refractivity contribution in [2.24, 2.45) is 0 Å². The third kappa shape index (κ3) is 3.48. The van der Waals surface area contributed by atoms with Crippen LogP contribution < -0.4 is 0 Å². The van der Waals surface area contributed by atoms with Crippen molar-refractivity contribution in [1.29, 1.82) is 0 Å². The van der Waals surface area contributed by atoms with Gasteiger partial charge >= 0.3 is 0 Å². The van der Waals surface area contributed by atoms with Crippen molar-refractivity contribution in [3.8, 4) is 5.69 Å². The molecule has 0 aliphatic rings. The van der Waals surface area contributed by atoms with Crippen LogP contribution in [0.25, 0.3) is 16.6 Å². The van der Waals surface area contributed by atoms with Crippen LogP contribution in [-0.2, 0) is 5.75 Å². The van der Waals surface area contributed by atoms with Crippen molar-refractivity contribution in [3.05, 3.63) is 99.4 Å². The number of halogens is 2. The van der Waals surface area contributed by atoms with Gasteiger partial charge in [-0.15, -0.1) is 11.8 Å². The Balaban J connectivity index is 1.71. The summed E-state index contributed by atoms with van der Waals surface area (Å²) in [6.07, 6.45) is 1.96. The molecule has 1 heterocycles. The highest BCUT2D eigenvalue weighted by Gasteiger charge is 2.14. The highest BCUT2D eigenvalue weighted by Crippen LogP contribution is 2.35. The second-order valence-electron chi connectivity index (χ2n) is 6.14. The lowest BCUT2D eigenvalue weighted by atomic mass is 10.2. The van der Waals surface area contributed by atoms with E-state index in [1.54, 1.807) is 24.3 Å². The number of hydrogen-bond donors (Lipinski definition) is 0. The molecule has 1 aromatic heterocycles. The molecule has 0 saturated heterocycles. The lowest BCUT2D eigenvalue weighted by Gasteiger charge is -2.05. The van der Waals surface area contributed by atoms with E-state index in [2.05, 4.69) is 0 Å². The lowest BCUT2D eigenvalue weighted by Crippen LogP contribution is -1.93. The second kappa shape index (κ2) is 7.66. The molecule has 4 rings (SSSR count). The van der Waals surface area contributed by atoms with Crippen LogP contribution in [0.15, 0.2) is 77.8 Å². The average molecular weight is 413 g/mol. The monoisotopic (exact) mass is 412 g/mol. The van der Waals surface area contributed by atoms with E-state index in [4.69, 9.17) is 11.6 Å². The highest BCUT2D eigenvalue weighted by atomic mass is 35.5. The molecule has 0 atom stereocenters. The molecule has 7 heteroatoms. The SMILES string of the molecule is O=[N+]([O-])c1ccc(-n2cc(SCc3c(F)cccc3Cl)c3ccccc32)cc1. The fourth-order valence-corrected chi connectivity index (χ4v) is 4.44. The van der Waals surface area contributed by atoms with Crippen molar-refractivity contribution >= 4 is 40.0 Å². The molecule has 3 aromatic carbocycles. The van der Waals surface area contributed by atoms with Crippen LogP contribution in [0.2, 0.25) is 5.02 Å². The zero-order chi connectivity index (χ0) is 19.7.